The number of rotatable bonds is 5. The molecule has 0 radical (unpaired) electrons. The summed E-state index contributed by atoms with van der Waals surface area (Å²) in [4.78, 5) is 24.5. The second kappa shape index (κ2) is 9.06. The van der Waals surface area contributed by atoms with E-state index in [4.69, 9.17) is 9.47 Å². The summed E-state index contributed by atoms with van der Waals surface area (Å²) in [7, 11) is 0. The lowest BCUT2D eigenvalue weighted by molar-refractivity contribution is -0.215. The van der Waals surface area contributed by atoms with Crippen LogP contribution < -0.4 is 0 Å². The predicted octanol–water partition coefficient (Wildman–Crippen LogP) is 6.50. The number of esters is 2. The molecule has 6 saturated carbocycles. The van der Waals surface area contributed by atoms with Crippen LogP contribution >= 0.6 is 0 Å². The van der Waals surface area contributed by atoms with Crippen molar-refractivity contribution in [2.45, 2.75) is 96.7 Å². The summed E-state index contributed by atoms with van der Waals surface area (Å²) < 4.78 is 11.6. The van der Waals surface area contributed by atoms with Crippen molar-refractivity contribution in [3.63, 3.8) is 0 Å². The number of carbonyl (C=O) groups is 2. The number of hydrogen-bond acceptors (Lipinski definition) is 4. The van der Waals surface area contributed by atoms with Gasteiger partial charge in [0, 0.05) is 0 Å². The predicted molar refractivity (Wildman–Crippen MR) is 135 cm³/mol. The van der Waals surface area contributed by atoms with E-state index in [0.717, 1.165) is 37.5 Å². The molecule has 0 amide bonds. The van der Waals surface area contributed by atoms with Gasteiger partial charge in [-0.3, -0.25) is 9.59 Å². The minimum atomic E-state index is -0.101. The summed E-state index contributed by atoms with van der Waals surface area (Å²) >= 11 is 0. The Morgan fingerprint density at radius 3 is 1.66 bits per heavy atom. The van der Waals surface area contributed by atoms with E-state index in [1.807, 2.05) is 13.8 Å². The molecule has 0 heterocycles. The van der Waals surface area contributed by atoms with Gasteiger partial charge in [-0.25, -0.2) is 0 Å². The second-order valence-electron chi connectivity index (χ2n) is 13.3. The first-order valence-corrected chi connectivity index (χ1v) is 14.6. The minimum absolute atomic E-state index is 0.00634. The Morgan fingerprint density at radius 2 is 1.26 bits per heavy atom. The summed E-state index contributed by atoms with van der Waals surface area (Å²) in [6, 6.07) is 0. The third kappa shape index (κ3) is 4.21. The molecule has 0 aromatic heterocycles. The molecule has 0 aromatic rings. The minimum Gasteiger partial charge on any atom is -0.463 e. The van der Waals surface area contributed by atoms with E-state index in [1.54, 1.807) is 0 Å². The maximum absolute atomic E-state index is 12.9. The van der Waals surface area contributed by atoms with Gasteiger partial charge in [0.25, 0.3) is 0 Å². The van der Waals surface area contributed by atoms with Crippen molar-refractivity contribution in [3.05, 3.63) is 24.3 Å². The van der Waals surface area contributed by atoms with Crippen LogP contribution in [0.15, 0.2) is 24.3 Å². The second-order valence-corrected chi connectivity index (χ2v) is 13.3. The fraction of sp³-hybridized carbons (Fsp3) is 0.806. The Hall–Kier alpha value is -1.58. The van der Waals surface area contributed by atoms with Crippen molar-refractivity contribution in [2.75, 3.05) is 0 Å². The standard InChI is InChI=1S/C20H28O2.C11H16O2/c1-2-20(16-7-13-5-14(9-16)10-17(20)8-13)22-19(21)18-11-12-3-4-15(18)6-12;1-7(2)13-11(12)10-6-8-3-4-9(10)5-8/h3-4,12-18H,2,5-11H2,1H3;3-4,7-10H,5-6H2,1-2H3. The zero-order chi connectivity index (χ0) is 24.3. The highest BCUT2D eigenvalue weighted by atomic mass is 16.6. The van der Waals surface area contributed by atoms with E-state index in [9.17, 15) is 9.59 Å². The average Bonchev–Trinajstić information content (AvgIpc) is 3.63. The zero-order valence-corrected chi connectivity index (χ0v) is 21.9. The summed E-state index contributed by atoms with van der Waals surface area (Å²) in [6.45, 7) is 6.07. The van der Waals surface area contributed by atoms with Crippen molar-refractivity contribution < 1.29 is 19.1 Å². The first kappa shape index (κ1) is 23.8. The number of ether oxygens (including phenoxy) is 2. The van der Waals surface area contributed by atoms with Gasteiger partial charge in [-0.05, 0) is 125 Å². The van der Waals surface area contributed by atoms with E-state index in [-0.39, 0.29) is 35.5 Å². The molecule has 6 atom stereocenters. The molecule has 35 heavy (non-hydrogen) atoms. The summed E-state index contributed by atoms with van der Waals surface area (Å²) in [5.41, 5.74) is -0.101. The van der Waals surface area contributed by atoms with Crippen LogP contribution in [0.2, 0.25) is 0 Å². The Morgan fingerprint density at radius 1 is 0.743 bits per heavy atom. The fourth-order valence-corrected chi connectivity index (χ4v) is 9.48. The third-order valence-electron chi connectivity index (χ3n) is 10.9. The van der Waals surface area contributed by atoms with Crippen LogP contribution in [0.3, 0.4) is 0 Å². The molecule has 4 heteroatoms. The topological polar surface area (TPSA) is 52.6 Å². The summed E-state index contributed by atoms with van der Waals surface area (Å²) in [5, 5.41) is 0. The quantitative estimate of drug-likeness (QED) is 0.333. The molecule has 6 fully saturated rings. The molecular weight excluding hydrogens is 436 g/mol. The Balaban J connectivity index is 0.000000151. The number of hydrogen-bond donors (Lipinski definition) is 0. The van der Waals surface area contributed by atoms with Crippen LogP contribution in [0.4, 0.5) is 0 Å². The van der Waals surface area contributed by atoms with Gasteiger partial charge >= 0.3 is 11.9 Å². The largest absolute Gasteiger partial charge is 0.463 e. The van der Waals surface area contributed by atoms with Gasteiger partial charge in [-0.2, -0.15) is 0 Å². The number of carbonyl (C=O) groups excluding carboxylic acids is 2. The van der Waals surface area contributed by atoms with Crippen LogP contribution in [0, 0.1) is 59.2 Å². The van der Waals surface area contributed by atoms with Gasteiger partial charge < -0.3 is 9.47 Å². The molecule has 0 N–H and O–H groups in total. The van der Waals surface area contributed by atoms with E-state index in [0.29, 0.717) is 35.5 Å². The molecule has 0 saturated heterocycles. The molecule has 0 aromatic carbocycles. The highest BCUT2D eigenvalue weighted by Crippen LogP contribution is 2.61. The third-order valence-corrected chi connectivity index (χ3v) is 10.9. The van der Waals surface area contributed by atoms with E-state index < -0.39 is 0 Å². The van der Waals surface area contributed by atoms with E-state index in [2.05, 4.69) is 31.2 Å². The molecule has 0 aliphatic heterocycles. The number of allylic oxidation sites excluding steroid dienone is 4. The Labute approximate surface area is 211 Å². The van der Waals surface area contributed by atoms with E-state index >= 15 is 0 Å². The Bertz CT molecular complexity index is 872. The first-order valence-electron chi connectivity index (χ1n) is 14.6. The summed E-state index contributed by atoms with van der Waals surface area (Å²) in [6.07, 6.45) is 21.2. The lowest BCUT2D eigenvalue weighted by Crippen LogP contribution is -2.59. The lowest BCUT2D eigenvalue weighted by Gasteiger charge is -2.60. The van der Waals surface area contributed by atoms with E-state index in [1.165, 1.54) is 38.5 Å². The monoisotopic (exact) mass is 480 g/mol. The maximum atomic E-state index is 12.9. The smallest absolute Gasteiger partial charge is 0.310 e. The zero-order valence-electron chi connectivity index (χ0n) is 21.9. The van der Waals surface area contributed by atoms with Gasteiger partial charge in [0.15, 0.2) is 0 Å². The van der Waals surface area contributed by atoms with Crippen molar-refractivity contribution in [3.8, 4) is 0 Å². The fourth-order valence-electron chi connectivity index (χ4n) is 9.48. The van der Waals surface area contributed by atoms with Crippen LogP contribution in [0.1, 0.15) is 85.0 Å². The van der Waals surface area contributed by atoms with Gasteiger partial charge in [0.05, 0.1) is 17.9 Å². The van der Waals surface area contributed by atoms with Crippen LogP contribution in [-0.2, 0) is 19.1 Å². The molecule has 8 aliphatic rings. The molecule has 0 spiro atoms. The normalized spacial score (nSPS) is 47.3. The lowest BCUT2D eigenvalue weighted by atomic mass is 9.49. The Kier molecular flexibility index (Phi) is 6.16. The van der Waals surface area contributed by atoms with Crippen molar-refractivity contribution in [1.29, 1.82) is 0 Å². The average molecular weight is 481 g/mol. The van der Waals surface area contributed by atoms with Gasteiger partial charge in [0.1, 0.15) is 5.60 Å². The molecule has 192 valence electrons. The van der Waals surface area contributed by atoms with Crippen LogP contribution in [0.5, 0.6) is 0 Å². The highest BCUT2D eigenvalue weighted by molar-refractivity contribution is 5.75. The maximum Gasteiger partial charge on any atom is 0.310 e. The molecule has 4 nitrogen and oxygen atoms in total. The van der Waals surface area contributed by atoms with Gasteiger partial charge in [-0.1, -0.05) is 31.2 Å². The number of fused-ring (bicyclic) bond motifs is 4. The highest BCUT2D eigenvalue weighted by Gasteiger charge is 2.59. The SMILES string of the molecule is CC(C)OC(=O)C1CC2C=CC1C2.CCC1(OC(=O)C2CC3C=CC2C3)C2CC3CC(C2)CC1C3. The molecule has 8 rings (SSSR count). The molecule has 8 aliphatic carbocycles. The van der Waals surface area contributed by atoms with Crippen molar-refractivity contribution >= 4 is 11.9 Å². The van der Waals surface area contributed by atoms with Crippen LogP contribution in [0.25, 0.3) is 0 Å². The molecular formula is C31H44O4. The van der Waals surface area contributed by atoms with Crippen LogP contribution in [-0.4, -0.2) is 23.6 Å². The molecule has 6 unspecified atom stereocenters. The van der Waals surface area contributed by atoms with Gasteiger partial charge in [-0.15, -0.1) is 0 Å². The summed E-state index contributed by atoms with van der Waals surface area (Å²) in [5.74, 6) is 5.90. The van der Waals surface area contributed by atoms with Crippen molar-refractivity contribution in [2.24, 2.45) is 59.2 Å². The van der Waals surface area contributed by atoms with Gasteiger partial charge in [0.2, 0.25) is 0 Å². The van der Waals surface area contributed by atoms with Crippen molar-refractivity contribution in [1.82, 2.24) is 0 Å². The first-order chi connectivity index (χ1) is 16.8. The molecule has 8 bridgehead atoms.